The SMILES string of the molecule is CN(C)S(=O)(=O)N1CCN(C(C#N)c2ccccc2Cl)CC1. The molecule has 8 heteroatoms. The molecule has 0 spiro atoms. The Kier molecular flexibility index (Phi) is 5.42. The maximum absolute atomic E-state index is 12.1. The highest BCUT2D eigenvalue weighted by Crippen LogP contribution is 2.28. The number of halogens is 1. The van der Waals surface area contributed by atoms with Crippen LogP contribution < -0.4 is 0 Å². The molecule has 1 aromatic carbocycles. The van der Waals surface area contributed by atoms with Crippen LogP contribution in [0.1, 0.15) is 11.6 Å². The van der Waals surface area contributed by atoms with Crippen LogP contribution in [0.5, 0.6) is 0 Å². The standard InChI is InChI=1S/C14H19ClN4O2S/c1-17(2)22(20,21)19-9-7-18(8-10-19)14(11-16)12-5-3-4-6-13(12)15/h3-6,14H,7-10H2,1-2H3. The fourth-order valence-electron chi connectivity index (χ4n) is 2.47. The molecule has 0 amide bonds. The molecule has 0 saturated carbocycles. The number of hydrogen-bond acceptors (Lipinski definition) is 4. The van der Waals surface area contributed by atoms with Gasteiger partial charge >= 0.3 is 0 Å². The van der Waals surface area contributed by atoms with Crippen molar-refractivity contribution in [2.75, 3.05) is 40.3 Å². The van der Waals surface area contributed by atoms with Crippen molar-refractivity contribution in [1.82, 2.24) is 13.5 Å². The maximum Gasteiger partial charge on any atom is 0.281 e. The van der Waals surface area contributed by atoms with Crippen LogP contribution in [-0.2, 0) is 10.2 Å². The Morgan fingerprint density at radius 3 is 2.32 bits per heavy atom. The maximum atomic E-state index is 12.1. The minimum atomic E-state index is -3.40. The molecule has 2 rings (SSSR count). The minimum absolute atomic E-state index is 0.364. The molecule has 1 aliphatic rings. The van der Waals surface area contributed by atoms with Crippen LogP contribution in [-0.4, -0.2) is 62.2 Å². The average molecular weight is 343 g/mol. The van der Waals surface area contributed by atoms with Gasteiger partial charge in [0.05, 0.1) is 6.07 Å². The third-order valence-electron chi connectivity index (χ3n) is 3.75. The lowest BCUT2D eigenvalue weighted by atomic mass is 10.1. The van der Waals surface area contributed by atoms with Gasteiger partial charge in [0.1, 0.15) is 6.04 Å². The molecule has 0 radical (unpaired) electrons. The minimum Gasteiger partial charge on any atom is -0.282 e. The Balaban J connectivity index is 2.11. The predicted molar refractivity (Wildman–Crippen MR) is 85.6 cm³/mol. The van der Waals surface area contributed by atoms with Crippen LogP contribution in [0.3, 0.4) is 0 Å². The molecule has 1 unspecified atom stereocenters. The highest BCUT2D eigenvalue weighted by atomic mass is 35.5. The monoisotopic (exact) mass is 342 g/mol. The van der Waals surface area contributed by atoms with E-state index in [1.165, 1.54) is 22.7 Å². The predicted octanol–water partition coefficient (Wildman–Crippen LogP) is 1.33. The summed E-state index contributed by atoms with van der Waals surface area (Å²) >= 11 is 6.17. The summed E-state index contributed by atoms with van der Waals surface area (Å²) in [6.07, 6.45) is 0. The molecule has 1 fully saturated rings. The lowest BCUT2D eigenvalue weighted by Gasteiger charge is -2.37. The van der Waals surface area contributed by atoms with E-state index in [0.29, 0.717) is 31.2 Å². The van der Waals surface area contributed by atoms with Crippen molar-refractivity contribution in [1.29, 1.82) is 5.26 Å². The van der Waals surface area contributed by atoms with Crippen LogP contribution >= 0.6 is 11.6 Å². The van der Waals surface area contributed by atoms with Gasteiger partial charge in [-0.2, -0.15) is 22.3 Å². The Morgan fingerprint density at radius 2 is 1.82 bits per heavy atom. The second-order valence-corrected chi connectivity index (χ2v) is 7.83. The van der Waals surface area contributed by atoms with Crippen molar-refractivity contribution in [3.05, 3.63) is 34.9 Å². The molecule has 1 aromatic rings. The van der Waals surface area contributed by atoms with Crippen LogP contribution in [0, 0.1) is 11.3 Å². The number of rotatable bonds is 4. The number of benzene rings is 1. The van der Waals surface area contributed by atoms with Gasteiger partial charge in [-0.25, -0.2) is 0 Å². The Bertz CT molecular complexity index is 664. The molecular formula is C14H19ClN4O2S. The summed E-state index contributed by atoms with van der Waals surface area (Å²) in [5, 5.41) is 10.0. The first kappa shape index (κ1) is 17.2. The fraction of sp³-hybridized carbons (Fsp3) is 0.500. The summed E-state index contributed by atoms with van der Waals surface area (Å²) < 4.78 is 26.8. The normalized spacial score (nSPS) is 19.0. The summed E-state index contributed by atoms with van der Waals surface area (Å²) in [4.78, 5) is 1.96. The van der Waals surface area contributed by atoms with E-state index in [2.05, 4.69) is 6.07 Å². The molecule has 1 atom stereocenters. The Morgan fingerprint density at radius 1 is 1.23 bits per heavy atom. The van der Waals surface area contributed by atoms with Gasteiger partial charge in [0, 0.05) is 50.9 Å². The molecule has 0 bridgehead atoms. The van der Waals surface area contributed by atoms with Crippen molar-refractivity contribution < 1.29 is 8.42 Å². The van der Waals surface area contributed by atoms with Crippen LogP contribution in [0.15, 0.2) is 24.3 Å². The zero-order valence-electron chi connectivity index (χ0n) is 12.6. The largest absolute Gasteiger partial charge is 0.282 e. The van der Waals surface area contributed by atoms with Crippen LogP contribution in [0.2, 0.25) is 5.02 Å². The van der Waals surface area contributed by atoms with Gasteiger partial charge < -0.3 is 0 Å². The Hall–Kier alpha value is -1.17. The van der Waals surface area contributed by atoms with E-state index in [4.69, 9.17) is 11.6 Å². The third kappa shape index (κ3) is 3.42. The van der Waals surface area contributed by atoms with Gasteiger partial charge in [0.25, 0.3) is 10.2 Å². The van der Waals surface area contributed by atoms with E-state index >= 15 is 0 Å². The summed E-state index contributed by atoms with van der Waals surface area (Å²) in [5.41, 5.74) is 0.760. The lowest BCUT2D eigenvalue weighted by Crippen LogP contribution is -2.52. The second kappa shape index (κ2) is 6.94. The van der Waals surface area contributed by atoms with Crippen molar-refractivity contribution in [2.24, 2.45) is 0 Å². The molecule has 0 N–H and O–H groups in total. The molecule has 1 saturated heterocycles. The van der Waals surface area contributed by atoms with E-state index in [9.17, 15) is 13.7 Å². The number of piperazine rings is 1. The first-order chi connectivity index (χ1) is 10.4. The highest BCUT2D eigenvalue weighted by molar-refractivity contribution is 7.86. The molecule has 0 aliphatic carbocycles. The zero-order valence-corrected chi connectivity index (χ0v) is 14.2. The molecule has 120 valence electrons. The lowest BCUT2D eigenvalue weighted by molar-refractivity contribution is 0.159. The third-order valence-corrected chi connectivity index (χ3v) is 6.03. The van der Waals surface area contributed by atoms with Crippen molar-refractivity contribution >= 4 is 21.8 Å². The van der Waals surface area contributed by atoms with E-state index in [1.807, 2.05) is 23.1 Å². The summed E-state index contributed by atoms with van der Waals surface area (Å²) in [7, 11) is -0.363. The van der Waals surface area contributed by atoms with Gasteiger partial charge in [-0.3, -0.25) is 4.90 Å². The molecule has 1 heterocycles. The van der Waals surface area contributed by atoms with E-state index in [-0.39, 0.29) is 0 Å². The van der Waals surface area contributed by atoms with Crippen molar-refractivity contribution in [3.63, 3.8) is 0 Å². The van der Waals surface area contributed by atoms with Gasteiger partial charge in [0.15, 0.2) is 0 Å². The summed E-state index contributed by atoms with van der Waals surface area (Å²) in [6, 6.07) is 9.07. The first-order valence-electron chi connectivity index (χ1n) is 6.93. The van der Waals surface area contributed by atoms with Gasteiger partial charge in [-0.15, -0.1) is 0 Å². The highest BCUT2D eigenvalue weighted by Gasteiger charge is 2.32. The first-order valence-corrected chi connectivity index (χ1v) is 8.71. The number of nitrogens with zero attached hydrogens (tertiary/aromatic N) is 4. The van der Waals surface area contributed by atoms with Crippen molar-refractivity contribution in [3.8, 4) is 6.07 Å². The number of hydrogen-bond donors (Lipinski definition) is 0. The number of nitriles is 1. The molecule has 6 nitrogen and oxygen atoms in total. The molecule has 0 aromatic heterocycles. The van der Waals surface area contributed by atoms with Crippen LogP contribution in [0.4, 0.5) is 0 Å². The zero-order chi connectivity index (χ0) is 16.3. The van der Waals surface area contributed by atoms with Gasteiger partial charge in [-0.1, -0.05) is 29.8 Å². The summed E-state index contributed by atoms with van der Waals surface area (Å²) in [5.74, 6) is 0. The topological polar surface area (TPSA) is 67.7 Å². The van der Waals surface area contributed by atoms with Gasteiger partial charge in [0.2, 0.25) is 0 Å². The quantitative estimate of drug-likeness (QED) is 0.827. The smallest absolute Gasteiger partial charge is 0.281 e. The van der Waals surface area contributed by atoms with E-state index in [0.717, 1.165) is 5.56 Å². The van der Waals surface area contributed by atoms with E-state index in [1.54, 1.807) is 6.07 Å². The molecular weight excluding hydrogens is 324 g/mol. The van der Waals surface area contributed by atoms with Crippen LogP contribution in [0.25, 0.3) is 0 Å². The van der Waals surface area contributed by atoms with E-state index < -0.39 is 16.3 Å². The second-order valence-electron chi connectivity index (χ2n) is 5.28. The Labute approximate surface area is 136 Å². The van der Waals surface area contributed by atoms with Crippen molar-refractivity contribution in [2.45, 2.75) is 6.04 Å². The molecule has 1 aliphatic heterocycles. The van der Waals surface area contributed by atoms with Gasteiger partial charge in [-0.05, 0) is 6.07 Å². The fourth-order valence-corrected chi connectivity index (χ4v) is 3.79. The average Bonchev–Trinajstić information content (AvgIpc) is 2.50. The summed E-state index contributed by atoms with van der Waals surface area (Å²) in [6.45, 7) is 1.72. The molecule has 22 heavy (non-hydrogen) atoms.